The molecule has 0 spiro atoms. The number of aryl methyl sites for hydroxylation is 1. The Kier molecular flexibility index (Phi) is 5.85. The fourth-order valence-corrected chi connectivity index (χ4v) is 2.68. The van der Waals surface area contributed by atoms with Crippen molar-refractivity contribution < 1.29 is 32.1 Å². The van der Waals surface area contributed by atoms with E-state index in [0.29, 0.717) is 23.1 Å². The molecule has 0 saturated carbocycles. The van der Waals surface area contributed by atoms with Gasteiger partial charge in [-0.1, -0.05) is 13.3 Å². The summed E-state index contributed by atoms with van der Waals surface area (Å²) in [6.45, 7) is 1.65. The summed E-state index contributed by atoms with van der Waals surface area (Å²) in [7, 11) is 0. The molecule has 10 heteroatoms. The topological polar surface area (TPSA) is 73.6 Å². The zero-order valence-electron chi connectivity index (χ0n) is 13.8. The maximum atomic E-state index is 14.8. The Balaban J connectivity index is 2.43. The van der Waals surface area contributed by atoms with Crippen molar-refractivity contribution in [2.75, 3.05) is 13.2 Å². The summed E-state index contributed by atoms with van der Waals surface area (Å²) >= 11 is 0. The molecule has 1 saturated heterocycles. The molecule has 6 nitrogen and oxygen atoms in total. The standard InChI is InChI=1S/C15H20F4N2O4/c1-3-4-7-24-11-10(16)12(21-6-5-9(2)20-13(21)23)25-14(11,8-22)15(17,18)19/h5-6,10-12,22H,3-4,7-8H2,1-2H3/t10-,11+,12-,14-/m1/s1. The Bertz CT molecular complexity index is 651. The quantitative estimate of drug-likeness (QED) is 0.613. The lowest BCUT2D eigenvalue weighted by molar-refractivity contribution is -0.310. The fourth-order valence-electron chi connectivity index (χ4n) is 2.68. The molecule has 2 rings (SSSR count). The van der Waals surface area contributed by atoms with Gasteiger partial charge in [0.15, 0.2) is 12.4 Å². The summed E-state index contributed by atoms with van der Waals surface area (Å²) in [6, 6.07) is 1.34. The molecular formula is C15H20F4N2O4. The lowest BCUT2D eigenvalue weighted by atomic mass is 9.95. The SMILES string of the molecule is CCCCO[C@H]1[C@@H](F)[C@H](n2ccc(C)nc2=O)O[C@@]1(CO)C(F)(F)F. The molecule has 1 aliphatic heterocycles. The monoisotopic (exact) mass is 368 g/mol. The van der Waals surface area contributed by atoms with Gasteiger partial charge >= 0.3 is 11.9 Å². The highest BCUT2D eigenvalue weighted by molar-refractivity contribution is 5.08. The largest absolute Gasteiger partial charge is 0.422 e. The van der Waals surface area contributed by atoms with Gasteiger partial charge in [-0.2, -0.15) is 18.2 Å². The van der Waals surface area contributed by atoms with Crippen LogP contribution < -0.4 is 5.69 Å². The van der Waals surface area contributed by atoms with Gasteiger partial charge in [-0.05, 0) is 19.4 Å². The number of aliphatic hydroxyl groups is 1. The molecule has 25 heavy (non-hydrogen) atoms. The molecule has 1 fully saturated rings. The van der Waals surface area contributed by atoms with Crippen LogP contribution in [0.3, 0.4) is 0 Å². The highest BCUT2D eigenvalue weighted by atomic mass is 19.4. The third kappa shape index (κ3) is 3.56. The number of aliphatic hydroxyl groups excluding tert-OH is 1. The van der Waals surface area contributed by atoms with Crippen LogP contribution in [0.4, 0.5) is 17.6 Å². The molecule has 1 aliphatic rings. The normalized spacial score (nSPS) is 30.0. The van der Waals surface area contributed by atoms with Crippen molar-refractivity contribution in [3.05, 3.63) is 28.4 Å². The molecule has 1 aromatic rings. The number of hydrogen-bond donors (Lipinski definition) is 1. The molecule has 0 aliphatic carbocycles. The average molecular weight is 368 g/mol. The van der Waals surface area contributed by atoms with Crippen LogP contribution in [0.15, 0.2) is 17.1 Å². The summed E-state index contributed by atoms with van der Waals surface area (Å²) in [5.74, 6) is 0. The van der Waals surface area contributed by atoms with Crippen molar-refractivity contribution >= 4 is 0 Å². The lowest BCUT2D eigenvalue weighted by Gasteiger charge is -2.34. The zero-order chi connectivity index (χ0) is 18.8. The molecule has 4 atom stereocenters. The molecular weight excluding hydrogens is 348 g/mol. The number of ether oxygens (including phenoxy) is 2. The number of aromatic nitrogens is 2. The van der Waals surface area contributed by atoms with Gasteiger partial charge in [0.2, 0.25) is 5.60 Å². The number of alkyl halides is 4. The second kappa shape index (κ2) is 7.38. The molecule has 0 aromatic carbocycles. The van der Waals surface area contributed by atoms with Crippen molar-refractivity contribution in [3.8, 4) is 0 Å². The van der Waals surface area contributed by atoms with E-state index >= 15 is 0 Å². The van der Waals surface area contributed by atoms with Gasteiger partial charge in [-0.15, -0.1) is 0 Å². The summed E-state index contributed by atoms with van der Waals surface area (Å²) in [6.07, 6.45) is -9.25. The first-order valence-electron chi connectivity index (χ1n) is 7.84. The molecule has 2 heterocycles. The minimum atomic E-state index is -5.10. The van der Waals surface area contributed by atoms with Crippen LogP contribution in [0.5, 0.6) is 0 Å². The van der Waals surface area contributed by atoms with Gasteiger partial charge in [-0.3, -0.25) is 4.57 Å². The highest BCUT2D eigenvalue weighted by Gasteiger charge is 2.70. The second-order valence-electron chi connectivity index (χ2n) is 5.90. The third-order valence-corrected chi connectivity index (χ3v) is 4.11. The minimum Gasteiger partial charge on any atom is -0.393 e. The van der Waals surface area contributed by atoms with Crippen molar-refractivity contribution in [2.24, 2.45) is 0 Å². The van der Waals surface area contributed by atoms with Crippen LogP contribution in [-0.4, -0.2) is 51.9 Å². The third-order valence-electron chi connectivity index (χ3n) is 4.11. The first-order valence-corrected chi connectivity index (χ1v) is 7.84. The van der Waals surface area contributed by atoms with E-state index in [4.69, 9.17) is 9.47 Å². The van der Waals surface area contributed by atoms with Crippen molar-refractivity contribution in [1.82, 2.24) is 9.55 Å². The molecule has 0 bridgehead atoms. The Morgan fingerprint density at radius 2 is 2.16 bits per heavy atom. The Hall–Kier alpha value is -1.52. The summed E-state index contributed by atoms with van der Waals surface area (Å²) in [4.78, 5) is 15.5. The van der Waals surface area contributed by atoms with Crippen LogP contribution in [-0.2, 0) is 9.47 Å². The minimum absolute atomic E-state index is 0.128. The molecule has 1 N–H and O–H groups in total. The van der Waals surface area contributed by atoms with Crippen molar-refractivity contribution in [1.29, 1.82) is 0 Å². The van der Waals surface area contributed by atoms with Gasteiger partial charge in [0, 0.05) is 18.5 Å². The van der Waals surface area contributed by atoms with E-state index < -0.39 is 42.6 Å². The Morgan fingerprint density at radius 1 is 1.48 bits per heavy atom. The summed E-state index contributed by atoms with van der Waals surface area (Å²) in [5.41, 5.74) is -3.87. The van der Waals surface area contributed by atoms with E-state index in [1.807, 2.05) is 0 Å². The van der Waals surface area contributed by atoms with E-state index in [9.17, 15) is 27.5 Å². The molecule has 142 valence electrons. The lowest BCUT2D eigenvalue weighted by Crippen LogP contribution is -2.58. The summed E-state index contributed by atoms with van der Waals surface area (Å²) < 4.78 is 66.1. The highest BCUT2D eigenvalue weighted by Crippen LogP contribution is 2.49. The number of nitrogens with zero attached hydrogens (tertiary/aromatic N) is 2. The van der Waals surface area contributed by atoms with Crippen LogP contribution in [0, 0.1) is 6.92 Å². The maximum absolute atomic E-state index is 14.8. The number of rotatable bonds is 6. The molecule has 0 radical (unpaired) electrons. The average Bonchev–Trinajstić information content (AvgIpc) is 2.81. The Labute approximate surface area is 141 Å². The van der Waals surface area contributed by atoms with E-state index in [0.717, 1.165) is 6.20 Å². The molecule has 0 amide bonds. The van der Waals surface area contributed by atoms with Gasteiger partial charge in [0.25, 0.3) is 0 Å². The van der Waals surface area contributed by atoms with Gasteiger partial charge in [0.1, 0.15) is 6.10 Å². The predicted octanol–water partition coefficient (Wildman–Crippen LogP) is 1.90. The first-order chi connectivity index (χ1) is 11.7. The van der Waals surface area contributed by atoms with Gasteiger partial charge < -0.3 is 14.6 Å². The number of hydrogen-bond acceptors (Lipinski definition) is 5. The van der Waals surface area contributed by atoms with Crippen LogP contribution in [0.25, 0.3) is 0 Å². The van der Waals surface area contributed by atoms with Crippen molar-refractivity contribution in [3.63, 3.8) is 0 Å². The van der Waals surface area contributed by atoms with E-state index in [1.54, 1.807) is 6.92 Å². The fraction of sp³-hybridized carbons (Fsp3) is 0.733. The number of halogens is 4. The maximum Gasteiger partial charge on any atom is 0.422 e. The van der Waals surface area contributed by atoms with Crippen molar-refractivity contribution in [2.45, 2.75) is 57.0 Å². The predicted molar refractivity (Wildman–Crippen MR) is 78.8 cm³/mol. The molecule has 0 unspecified atom stereocenters. The van der Waals surface area contributed by atoms with E-state index in [-0.39, 0.29) is 6.61 Å². The Morgan fingerprint density at radius 3 is 2.68 bits per heavy atom. The van der Waals surface area contributed by atoms with Gasteiger partial charge in [-0.25, -0.2) is 9.18 Å². The number of unbranched alkanes of at least 4 members (excludes halogenated alkanes) is 1. The smallest absolute Gasteiger partial charge is 0.393 e. The van der Waals surface area contributed by atoms with Gasteiger partial charge in [0.05, 0.1) is 6.61 Å². The van der Waals surface area contributed by atoms with E-state index in [1.165, 1.54) is 13.0 Å². The van der Waals surface area contributed by atoms with Crippen LogP contribution >= 0.6 is 0 Å². The first kappa shape index (κ1) is 19.8. The zero-order valence-corrected chi connectivity index (χ0v) is 13.8. The van der Waals surface area contributed by atoms with E-state index in [2.05, 4.69) is 4.98 Å². The van der Waals surface area contributed by atoms with Crippen LogP contribution in [0.2, 0.25) is 0 Å². The summed E-state index contributed by atoms with van der Waals surface area (Å²) in [5, 5.41) is 9.38. The second-order valence-corrected chi connectivity index (χ2v) is 5.90. The molecule has 1 aromatic heterocycles. The van der Waals surface area contributed by atoms with Crippen LogP contribution in [0.1, 0.15) is 31.7 Å².